The molecule has 7 rings (SSSR count). The first-order valence-electron chi connectivity index (χ1n) is 28.2. The molecule has 0 aromatic rings. The first-order chi connectivity index (χ1) is 37.1. The van der Waals surface area contributed by atoms with Crippen molar-refractivity contribution in [3.8, 4) is 0 Å². The van der Waals surface area contributed by atoms with Crippen LogP contribution in [-0.4, -0.2) is 214 Å². The highest BCUT2D eigenvalue weighted by molar-refractivity contribution is 5.86. The maximum atomic E-state index is 13.0. The molecule has 3 aliphatic heterocycles. The molecule has 2 amide bonds. The van der Waals surface area contributed by atoms with Crippen molar-refractivity contribution in [2.45, 2.75) is 216 Å². The van der Waals surface area contributed by atoms with Crippen molar-refractivity contribution < 1.29 is 108 Å². The molecule has 7 aliphatic rings. The highest BCUT2D eigenvalue weighted by Gasteiger charge is 2.59. The lowest BCUT2D eigenvalue weighted by Gasteiger charge is -2.58. The smallest absolute Gasteiger partial charge is 0.306 e. The molecule has 0 radical (unpaired) electrons. The summed E-state index contributed by atoms with van der Waals surface area (Å²) >= 11 is 0. The van der Waals surface area contributed by atoms with Gasteiger partial charge in [0.05, 0.1) is 32.8 Å². The van der Waals surface area contributed by atoms with Crippen LogP contribution in [0.15, 0.2) is 11.6 Å². The van der Waals surface area contributed by atoms with E-state index < -0.39 is 157 Å². The van der Waals surface area contributed by atoms with Crippen LogP contribution in [-0.2, 0) is 57.0 Å². The number of aliphatic hydroxyl groups is 10. The van der Waals surface area contributed by atoms with Gasteiger partial charge >= 0.3 is 5.97 Å². The zero-order chi connectivity index (χ0) is 56.6. The number of ether oxygens (including phenoxy) is 9. The Morgan fingerprint density at radius 1 is 0.654 bits per heavy atom. The van der Waals surface area contributed by atoms with Crippen LogP contribution < -0.4 is 10.6 Å². The summed E-state index contributed by atoms with van der Waals surface area (Å²) in [6.45, 7) is 8.31. The third-order valence-corrected chi connectivity index (χ3v) is 18.5. The van der Waals surface area contributed by atoms with E-state index in [2.05, 4.69) is 51.3 Å². The van der Waals surface area contributed by atoms with E-state index >= 15 is 0 Å². The summed E-state index contributed by atoms with van der Waals surface area (Å²) in [6.07, 6.45) is -9.29. The third-order valence-electron chi connectivity index (χ3n) is 18.5. The topological polar surface area (TPSA) is 361 Å². The quantitative estimate of drug-likeness (QED) is 0.0233. The Hall–Kier alpha value is -2.57. The lowest BCUT2D eigenvalue weighted by Crippen LogP contribution is -2.60. The highest BCUT2D eigenvalue weighted by atomic mass is 16.8. The second-order valence-corrected chi connectivity index (χ2v) is 23.9. The summed E-state index contributed by atoms with van der Waals surface area (Å²) in [6, 6.07) is 0. The van der Waals surface area contributed by atoms with E-state index in [-0.39, 0.29) is 24.4 Å². The molecule has 0 bridgehead atoms. The fourth-order valence-electron chi connectivity index (χ4n) is 13.9. The second kappa shape index (κ2) is 28.1. The van der Waals surface area contributed by atoms with Crippen molar-refractivity contribution >= 4 is 17.8 Å². The summed E-state index contributed by atoms with van der Waals surface area (Å²) in [5.74, 6) is 2.75. The van der Waals surface area contributed by atoms with E-state index in [1.165, 1.54) is 50.5 Å². The van der Waals surface area contributed by atoms with Gasteiger partial charge in [-0.05, 0) is 91.3 Å². The first kappa shape index (κ1) is 63.0. The molecule has 0 aromatic carbocycles. The van der Waals surface area contributed by atoms with Crippen molar-refractivity contribution in [2.75, 3.05) is 46.7 Å². The van der Waals surface area contributed by atoms with Gasteiger partial charge in [0, 0.05) is 12.8 Å². The van der Waals surface area contributed by atoms with Crippen LogP contribution in [0.25, 0.3) is 0 Å². The molecular weight excluding hydrogens is 1030 g/mol. The van der Waals surface area contributed by atoms with Crippen LogP contribution in [0.5, 0.6) is 0 Å². The van der Waals surface area contributed by atoms with E-state index in [9.17, 15) is 65.4 Å². The predicted octanol–water partition coefficient (Wildman–Crippen LogP) is -0.677. The van der Waals surface area contributed by atoms with Crippen molar-refractivity contribution in [2.24, 2.45) is 46.3 Å². The van der Waals surface area contributed by atoms with Gasteiger partial charge in [0.1, 0.15) is 99.7 Å². The fourth-order valence-corrected chi connectivity index (χ4v) is 13.9. The van der Waals surface area contributed by atoms with Gasteiger partial charge in [-0.25, -0.2) is 0 Å². The molecule has 0 aromatic heterocycles. The number of hydrogen-bond acceptors (Lipinski definition) is 22. The molecule has 3 saturated carbocycles. The van der Waals surface area contributed by atoms with E-state index in [0.29, 0.717) is 23.7 Å². The number of amides is 2. The molecule has 448 valence electrons. The van der Waals surface area contributed by atoms with E-state index in [1.54, 1.807) is 0 Å². The van der Waals surface area contributed by atoms with Crippen LogP contribution in [0.3, 0.4) is 0 Å². The standard InChI is InChI=1S/C54H90N2O22/c1-27(2)7-6-8-28(3)32-11-12-33-31-10-9-29-19-30(15-17-53(29,4)34(31)16-18-54(32,33)5)75-40(60)14-13-38(58)55-20-39(59)56-24-72-50-47(67)45(65)42(62)36(77-50)22-70-26-74-52-49(69)46(66)43(63)37(78-52)23-71-25-73-51-48(68)44(64)41(61)35(21-57)76-51/h9,27-28,30-37,41-52,57,61-69H,6-8,10-26H2,1-5H3,(H,55,58)(H,56,59)/t28-,30+,31+,32-,33+,34+,35+,36+,37+,41+,42+,43+,44-,45-,46-,47+,48+,49+,50-,51-,52-,53+,54-/m1/s1. The van der Waals surface area contributed by atoms with Gasteiger partial charge in [-0.1, -0.05) is 65.5 Å². The number of rotatable bonds is 25. The van der Waals surface area contributed by atoms with E-state index in [4.69, 9.17) is 42.6 Å². The monoisotopic (exact) mass is 1120 g/mol. The number of fused-ring (bicyclic) bond motifs is 5. The summed E-state index contributed by atoms with van der Waals surface area (Å²) in [4.78, 5) is 38.2. The number of carbonyl (C=O) groups is 3. The van der Waals surface area contributed by atoms with Gasteiger partial charge in [-0.15, -0.1) is 0 Å². The van der Waals surface area contributed by atoms with Crippen LogP contribution in [0.1, 0.15) is 118 Å². The van der Waals surface area contributed by atoms with Crippen LogP contribution in [0, 0.1) is 46.3 Å². The predicted molar refractivity (Wildman–Crippen MR) is 270 cm³/mol. The van der Waals surface area contributed by atoms with Crippen LogP contribution in [0.2, 0.25) is 0 Å². The summed E-state index contributed by atoms with van der Waals surface area (Å²) < 4.78 is 49.0. The molecular formula is C54H90N2O22. The number of allylic oxidation sites excluding steroid dienone is 1. The minimum Gasteiger partial charge on any atom is -0.462 e. The molecule has 23 atom stereocenters. The van der Waals surface area contributed by atoms with Crippen LogP contribution in [0.4, 0.5) is 0 Å². The van der Waals surface area contributed by atoms with E-state index in [0.717, 1.165) is 42.9 Å². The Kier molecular flexibility index (Phi) is 22.7. The molecule has 24 heteroatoms. The van der Waals surface area contributed by atoms with Crippen LogP contribution >= 0.6 is 0 Å². The summed E-state index contributed by atoms with van der Waals surface area (Å²) in [5, 5.41) is 107. The fraction of sp³-hybridized carbons (Fsp3) is 0.907. The zero-order valence-corrected chi connectivity index (χ0v) is 45.8. The molecule has 4 aliphatic carbocycles. The van der Waals surface area contributed by atoms with Crippen molar-refractivity contribution in [1.29, 1.82) is 0 Å². The highest BCUT2D eigenvalue weighted by Crippen LogP contribution is 2.67. The van der Waals surface area contributed by atoms with Gasteiger partial charge in [0.25, 0.3) is 0 Å². The SMILES string of the molecule is CC(C)CCC[C@@H](C)[C@H]1CC[C@H]2[C@@H]3CC=C4C[C@@H](OC(=O)CCC(=O)NCC(=O)NCO[C@@H]5O[C@@H](COCO[C@@H]6O[C@@H](COCO[C@@H]7O[C@@H](CO)[C@H](O)[C@@H](O)[C@@H]7O)[C@H](O)[C@@H](O)[C@@H]6O)[C@H](O)[C@@H](O)[C@@H]5O)CC[C@]4(C)[C@H]3CC[C@]12C. The van der Waals surface area contributed by atoms with Crippen molar-refractivity contribution in [3.05, 3.63) is 11.6 Å². The Labute approximate surface area is 456 Å². The second-order valence-electron chi connectivity index (χ2n) is 23.9. The number of carbonyl (C=O) groups excluding carboxylic acids is 3. The van der Waals surface area contributed by atoms with E-state index in [1.807, 2.05) is 0 Å². The minimum absolute atomic E-state index is 0.110. The van der Waals surface area contributed by atoms with Gasteiger partial charge < -0.3 is 104 Å². The average molecular weight is 1120 g/mol. The molecule has 6 fully saturated rings. The van der Waals surface area contributed by atoms with Gasteiger partial charge in [0.2, 0.25) is 11.8 Å². The molecule has 3 heterocycles. The minimum atomic E-state index is -1.78. The summed E-state index contributed by atoms with van der Waals surface area (Å²) in [5.41, 5.74) is 1.94. The average Bonchev–Trinajstić information content (AvgIpc) is 3.94. The molecule has 78 heavy (non-hydrogen) atoms. The normalized spacial score (nSPS) is 42.0. The van der Waals surface area contributed by atoms with Gasteiger partial charge in [-0.3, -0.25) is 14.4 Å². The molecule has 24 nitrogen and oxygen atoms in total. The molecule has 0 unspecified atom stereocenters. The Morgan fingerprint density at radius 2 is 1.23 bits per heavy atom. The maximum Gasteiger partial charge on any atom is 0.306 e. The molecule has 3 saturated heterocycles. The number of hydrogen-bond donors (Lipinski definition) is 12. The number of esters is 1. The molecule has 12 N–H and O–H groups in total. The lowest BCUT2D eigenvalue weighted by atomic mass is 9.47. The van der Waals surface area contributed by atoms with Crippen molar-refractivity contribution in [3.63, 3.8) is 0 Å². The Bertz CT molecular complexity index is 1970. The van der Waals surface area contributed by atoms with Gasteiger partial charge in [0.15, 0.2) is 18.9 Å². The first-order valence-corrected chi connectivity index (χ1v) is 28.2. The Balaban J connectivity index is 0.757. The lowest BCUT2D eigenvalue weighted by molar-refractivity contribution is -0.335. The third kappa shape index (κ3) is 14.8. The maximum absolute atomic E-state index is 13.0. The zero-order valence-electron chi connectivity index (χ0n) is 45.8. The van der Waals surface area contributed by atoms with Crippen molar-refractivity contribution in [1.82, 2.24) is 10.6 Å². The number of aliphatic hydroxyl groups excluding tert-OH is 10. The molecule has 0 spiro atoms. The van der Waals surface area contributed by atoms with Gasteiger partial charge in [-0.2, -0.15) is 0 Å². The summed E-state index contributed by atoms with van der Waals surface area (Å²) in [7, 11) is 0. The largest absolute Gasteiger partial charge is 0.462 e. The Morgan fingerprint density at radius 3 is 1.82 bits per heavy atom. The number of nitrogens with one attached hydrogen (secondary N) is 2.